The fourth-order valence-corrected chi connectivity index (χ4v) is 4.26. The number of carbonyl (C=O) groups is 4. The summed E-state index contributed by atoms with van der Waals surface area (Å²) in [4.78, 5) is 52.3. The zero-order chi connectivity index (χ0) is 26.8. The topological polar surface area (TPSA) is 188 Å². The van der Waals surface area contributed by atoms with Gasteiger partial charge in [-0.05, 0) is 55.8 Å². The van der Waals surface area contributed by atoms with Gasteiger partial charge >= 0.3 is 5.97 Å². The first-order valence-corrected chi connectivity index (χ1v) is 12.4. The first-order chi connectivity index (χ1) is 17.0. The quantitative estimate of drug-likeness (QED) is 0.203. The molecule has 0 spiro atoms. The second-order valence-corrected chi connectivity index (χ2v) is 9.58. The van der Waals surface area contributed by atoms with Crippen LogP contribution in [0.15, 0.2) is 24.3 Å². The van der Waals surface area contributed by atoms with Crippen LogP contribution < -0.4 is 22.1 Å². The van der Waals surface area contributed by atoms with Crippen LogP contribution in [0.25, 0.3) is 0 Å². The fourth-order valence-electron chi connectivity index (χ4n) is 4.26. The number of nitrogens with two attached hydrogens (primary N) is 2. The van der Waals surface area contributed by atoms with Gasteiger partial charge in [-0.15, -0.1) is 0 Å². The first-order valence-electron chi connectivity index (χ1n) is 12.4. The normalized spacial score (nSPS) is 17.9. The summed E-state index contributed by atoms with van der Waals surface area (Å²) in [6.07, 6.45) is 3.07. The van der Waals surface area contributed by atoms with Gasteiger partial charge in [0.05, 0.1) is 6.04 Å². The number of carboxylic acid groups (broad SMARTS) is 1. The predicted molar refractivity (Wildman–Crippen MR) is 134 cm³/mol. The van der Waals surface area contributed by atoms with Crippen LogP contribution in [0, 0.1) is 5.92 Å². The number of amides is 3. The molecule has 0 aliphatic carbocycles. The third kappa shape index (κ3) is 8.20. The zero-order valence-electron chi connectivity index (χ0n) is 21.0. The van der Waals surface area contributed by atoms with E-state index in [1.165, 1.54) is 17.0 Å². The molecule has 0 saturated carbocycles. The summed E-state index contributed by atoms with van der Waals surface area (Å²) in [7, 11) is 0. The highest BCUT2D eigenvalue weighted by molar-refractivity contribution is 5.94. The maximum atomic E-state index is 13.1. The highest BCUT2D eigenvalue weighted by atomic mass is 16.4. The van der Waals surface area contributed by atoms with Crippen molar-refractivity contribution in [3.63, 3.8) is 0 Å². The number of carboxylic acids is 1. The number of phenols is 1. The van der Waals surface area contributed by atoms with Crippen LogP contribution >= 0.6 is 0 Å². The average molecular weight is 506 g/mol. The molecule has 1 aromatic carbocycles. The Kier molecular flexibility index (Phi) is 11.1. The number of likely N-dealkylation sites (tertiary alicyclic amines) is 1. The van der Waals surface area contributed by atoms with Crippen LogP contribution in [0.4, 0.5) is 0 Å². The molecular formula is C25H39N5O6. The summed E-state index contributed by atoms with van der Waals surface area (Å²) in [6.45, 7) is 4.41. The molecule has 1 aliphatic heterocycles. The Morgan fingerprint density at radius 2 is 1.78 bits per heavy atom. The minimum absolute atomic E-state index is 0.00701. The molecule has 11 heteroatoms. The van der Waals surface area contributed by atoms with Gasteiger partial charge in [-0.1, -0.05) is 32.4 Å². The summed E-state index contributed by atoms with van der Waals surface area (Å²) in [5, 5.41) is 24.3. The van der Waals surface area contributed by atoms with Gasteiger partial charge in [0, 0.05) is 13.0 Å². The van der Waals surface area contributed by atoms with E-state index in [2.05, 4.69) is 10.6 Å². The van der Waals surface area contributed by atoms with Crippen LogP contribution in [0.1, 0.15) is 51.5 Å². The Morgan fingerprint density at radius 1 is 1.11 bits per heavy atom. The van der Waals surface area contributed by atoms with E-state index >= 15 is 0 Å². The van der Waals surface area contributed by atoms with E-state index in [1.807, 2.05) is 0 Å². The molecule has 4 atom stereocenters. The molecule has 4 unspecified atom stereocenters. The van der Waals surface area contributed by atoms with Gasteiger partial charge in [-0.25, -0.2) is 4.79 Å². The lowest BCUT2D eigenvalue weighted by molar-refractivity contribution is -0.143. The number of nitrogens with one attached hydrogen (secondary N) is 2. The number of aromatic hydroxyl groups is 1. The molecule has 200 valence electrons. The zero-order valence-corrected chi connectivity index (χ0v) is 21.0. The van der Waals surface area contributed by atoms with Crippen molar-refractivity contribution in [3.8, 4) is 5.75 Å². The van der Waals surface area contributed by atoms with Crippen LogP contribution in [0.3, 0.4) is 0 Å². The molecule has 36 heavy (non-hydrogen) atoms. The van der Waals surface area contributed by atoms with E-state index in [0.29, 0.717) is 37.9 Å². The van der Waals surface area contributed by atoms with E-state index < -0.39 is 42.0 Å². The van der Waals surface area contributed by atoms with Crippen molar-refractivity contribution in [2.45, 2.75) is 76.5 Å². The lowest BCUT2D eigenvalue weighted by Crippen LogP contribution is -2.58. The van der Waals surface area contributed by atoms with Crippen molar-refractivity contribution in [3.05, 3.63) is 29.8 Å². The number of rotatable bonds is 13. The fraction of sp³-hybridized carbons (Fsp3) is 0.600. The molecule has 2 rings (SSSR count). The number of hydrogen-bond donors (Lipinski definition) is 6. The third-order valence-corrected chi connectivity index (χ3v) is 6.36. The van der Waals surface area contributed by atoms with Gasteiger partial charge in [0.2, 0.25) is 17.7 Å². The SMILES string of the molecule is CC(C)C(NC(=O)C1CCCN1C(=O)C(N)CCCCN)C(=O)NC(Cc1ccc(O)cc1)C(=O)O. The molecule has 1 aromatic rings. The summed E-state index contributed by atoms with van der Waals surface area (Å²) < 4.78 is 0. The van der Waals surface area contributed by atoms with E-state index in [1.54, 1.807) is 26.0 Å². The Labute approximate surface area is 211 Å². The van der Waals surface area contributed by atoms with Gasteiger partial charge in [-0.3, -0.25) is 14.4 Å². The van der Waals surface area contributed by atoms with Gasteiger partial charge in [0.15, 0.2) is 0 Å². The number of carbonyl (C=O) groups excluding carboxylic acids is 3. The second kappa shape index (κ2) is 13.8. The molecule has 1 fully saturated rings. The van der Waals surface area contributed by atoms with E-state index in [-0.39, 0.29) is 24.0 Å². The van der Waals surface area contributed by atoms with Gasteiger partial charge in [-0.2, -0.15) is 0 Å². The minimum Gasteiger partial charge on any atom is -0.508 e. The van der Waals surface area contributed by atoms with E-state index in [0.717, 1.165) is 12.8 Å². The molecule has 0 bridgehead atoms. The maximum absolute atomic E-state index is 13.1. The highest BCUT2D eigenvalue weighted by Gasteiger charge is 2.38. The Hall–Kier alpha value is -3.18. The van der Waals surface area contributed by atoms with Crippen LogP contribution in [-0.4, -0.2) is 76.1 Å². The number of aliphatic carboxylic acids is 1. The van der Waals surface area contributed by atoms with Crippen molar-refractivity contribution in [1.29, 1.82) is 0 Å². The molecule has 1 aliphatic rings. The average Bonchev–Trinajstić information content (AvgIpc) is 3.32. The van der Waals surface area contributed by atoms with Crippen molar-refractivity contribution >= 4 is 23.7 Å². The number of hydrogen-bond acceptors (Lipinski definition) is 7. The van der Waals surface area contributed by atoms with Crippen molar-refractivity contribution in [2.24, 2.45) is 17.4 Å². The lowest BCUT2D eigenvalue weighted by atomic mass is 10.0. The predicted octanol–water partition coefficient (Wildman–Crippen LogP) is 0.0922. The highest BCUT2D eigenvalue weighted by Crippen LogP contribution is 2.20. The lowest BCUT2D eigenvalue weighted by Gasteiger charge is -2.29. The van der Waals surface area contributed by atoms with E-state index in [4.69, 9.17) is 11.5 Å². The Balaban J connectivity index is 2.05. The third-order valence-electron chi connectivity index (χ3n) is 6.36. The molecule has 0 radical (unpaired) electrons. The molecule has 3 amide bonds. The van der Waals surface area contributed by atoms with Crippen molar-refractivity contribution in [1.82, 2.24) is 15.5 Å². The van der Waals surface area contributed by atoms with Gasteiger partial charge in [0.1, 0.15) is 23.9 Å². The number of nitrogens with zero attached hydrogens (tertiary/aromatic N) is 1. The summed E-state index contributed by atoms with van der Waals surface area (Å²) in [5.74, 6) is -2.89. The number of unbranched alkanes of at least 4 members (excludes halogenated alkanes) is 1. The monoisotopic (exact) mass is 505 g/mol. The molecule has 1 heterocycles. The second-order valence-electron chi connectivity index (χ2n) is 9.58. The van der Waals surface area contributed by atoms with E-state index in [9.17, 15) is 29.4 Å². The smallest absolute Gasteiger partial charge is 0.326 e. The summed E-state index contributed by atoms with van der Waals surface area (Å²) in [6, 6.07) is 2.35. The standard InChI is InChI=1S/C25H39N5O6/c1-15(2)21(23(33)28-19(25(35)36)14-16-8-10-17(31)11-9-16)29-22(32)20-7-5-13-30(20)24(34)18(27)6-3-4-12-26/h8-11,15,18-21,31H,3-7,12-14,26-27H2,1-2H3,(H,28,33)(H,29,32)(H,35,36). The van der Waals surface area contributed by atoms with Crippen molar-refractivity contribution in [2.75, 3.05) is 13.1 Å². The Morgan fingerprint density at radius 3 is 2.36 bits per heavy atom. The van der Waals surface area contributed by atoms with Gasteiger partial charge < -0.3 is 37.2 Å². The van der Waals surface area contributed by atoms with Crippen molar-refractivity contribution < 1.29 is 29.4 Å². The minimum atomic E-state index is -1.23. The van der Waals surface area contributed by atoms with Crippen LogP contribution in [0.5, 0.6) is 5.75 Å². The molecule has 8 N–H and O–H groups in total. The molecule has 11 nitrogen and oxygen atoms in total. The number of benzene rings is 1. The maximum Gasteiger partial charge on any atom is 0.326 e. The van der Waals surface area contributed by atoms with Gasteiger partial charge in [0.25, 0.3) is 0 Å². The van der Waals surface area contributed by atoms with Crippen LogP contribution in [-0.2, 0) is 25.6 Å². The molecule has 1 saturated heterocycles. The Bertz CT molecular complexity index is 907. The summed E-state index contributed by atoms with van der Waals surface area (Å²) >= 11 is 0. The summed E-state index contributed by atoms with van der Waals surface area (Å²) in [5.41, 5.74) is 12.2. The molecule has 0 aromatic heterocycles. The first kappa shape index (κ1) is 29.1. The number of phenolic OH excluding ortho intramolecular Hbond substituents is 1. The molecular weight excluding hydrogens is 466 g/mol. The largest absolute Gasteiger partial charge is 0.508 e. The van der Waals surface area contributed by atoms with Crippen LogP contribution in [0.2, 0.25) is 0 Å².